The van der Waals surface area contributed by atoms with Crippen LogP contribution in [-0.4, -0.2) is 20.6 Å². The van der Waals surface area contributed by atoms with Crippen molar-refractivity contribution in [2.45, 2.75) is 20.4 Å². The Morgan fingerprint density at radius 1 is 1.00 bits per heavy atom. The molecule has 0 unspecified atom stereocenters. The molecule has 8 heteroatoms. The number of hydrogen-bond acceptors (Lipinski definition) is 3. The molecule has 2 heterocycles. The topological polar surface area (TPSA) is 42.3 Å². The van der Waals surface area contributed by atoms with Crippen molar-refractivity contribution in [2.24, 2.45) is 0 Å². The molecule has 1 fully saturated rings. The average Bonchev–Trinajstić information content (AvgIpc) is 3.15. The van der Waals surface area contributed by atoms with Gasteiger partial charge in [0.1, 0.15) is 0 Å². The summed E-state index contributed by atoms with van der Waals surface area (Å²) < 4.78 is 1.98. The third-order valence-corrected chi connectivity index (χ3v) is 7.02. The molecule has 4 rings (SSSR count). The van der Waals surface area contributed by atoms with Crippen LogP contribution in [0.4, 0.5) is 4.79 Å². The van der Waals surface area contributed by atoms with Gasteiger partial charge in [0.15, 0.2) is 0 Å². The van der Waals surface area contributed by atoms with Crippen LogP contribution in [0.5, 0.6) is 0 Å². The molecule has 0 N–H and O–H groups in total. The minimum absolute atomic E-state index is 0.205. The first-order valence-electron chi connectivity index (χ1n) is 9.39. The van der Waals surface area contributed by atoms with E-state index >= 15 is 0 Å². The van der Waals surface area contributed by atoms with Crippen LogP contribution in [0, 0.1) is 13.8 Å². The molecule has 0 radical (unpaired) electrons. The van der Waals surface area contributed by atoms with Gasteiger partial charge in [0.05, 0.1) is 27.2 Å². The van der Waals surface area contributed by atoms with Crippen molar-refractivity contribution in [3.63, 3.8) is 0 Å². The predicted octanol–water partition coefficient (Wildman–Crippen LogP) is 7.29. The first-order valence-corrected chi connectivity index (χ1v) is 11.3. The van der Waals surface area contributed by atoms with Crippen molar-refractivity contribution < 1.29 is 9.59 Å². The summed E-state index contributed by atoms with van der Waals surface area (Å²) in [7, 11) is 0. The lowest BCUT2D eigenvalue weighted by molar-refractivity contribution is -0.123. The molecule has 3 aromatic rings. The standard InChI is InChI=1S/C23H17Cl3N2O2S/c1-13-10-16(14(2)28(13)19-5-3-4-18(25)21(19)26)11-20-22(29)27(23(30)31-20)12-15-6-8-17(24)9-7-15/h3-11H,12H2,1-2H3/b20-11+. The fourth-order valence-electron chi connectivity index (χ4n) is 3.52. The zero-order chi connectivity index (χ0) is 22.3. The highest BCUT2D eigenvalue weighted by atomic mass is 35.5. The van der Waals surface area contributed by atoms with Crippen LogP contribution in [-0.2, 0) is 11.3 Å². The number of nitrogens with zero attached hydrogens (tertiary/aromatic N) is 2. The van der Waals surface area contributed by atoms with E-state index in [1.54, 1.807) is 36.4 Å². The van der Waals surface area contributed by atoms with Gasteiger partial charge in [-0.15, -0.1) is 0 Å². The van der Waals surface area contributed by atoms with E-state index in [1.165, 1.54) is 4.90 Å². The lowest BCUT2D eigenvalue weighted by Gasteiger charge is -2.13. The van der Waals surface area contributed by atoms with Gasteiger partial charge >= 0.3 is 0 Å². The van der Waals surface area contributed by atoms with E-state index in [-0.39, 0.29) is 17.7 Å². The Bertz CT molecular complexity index is 1230. The van der Waals surface area contributed by atoms with Crippen LogP contribution < -0.4 is 0 Å². The molecule has 4 nitrogen and oxygen atoms in total. The SMILES string of the molecule is Cc1cc(/C=C2/SC(=O)N(Cc3ccc(Cl)cc3)C2=O)c(C)n1-c1cccc(Cl)c1Cl. The van der Waals surface area contributed by atoms with Crippen molar-refractivity contribution in [1.29, 1.82) is 0 Å². The van der Waals surface area contributed by atoms with E-state index in [0.717, 1.165) is 40.0 Å². The summed E-state index contributed by atoms with van der Waals surface area (Å²) in [5, 5.41) is 1.24. The third kappa shape index (κ3) is 4.28. The highest BCUT2D eigenvalue weighted by Gasteiger charge is 2.35. The number of halogens is 3. The molecule has 1 saturated heterocycles. The summed E-state index contributed by atoms with van der Waals surface area (Å²) in [6.07, 6.45) is 1.75. The number of carbonyl (C=O) groups excluding carboxylic acids is 2. The van der Waals surface area contributed by atoms with E-state index in [1.807, 2.05) is 36.6 Å². The van der Waals surface area contributed by atoms with E-state index in [4.69, 9.17) is 34.8 Å². The maximum atomic E-state index is 12.9. The Morgan fingerprint density at radius 2 is 1.71 bits per heavy atom. The largest absolute Gasteiger partial charge is 0.316 e. The monoisotopic (exact) mass is 490 g/mol. The number of imide groups is 1. The van der Waals surface area contributed by atoms with Crippen LogP contribution in [0.1, 0.15) is 22.5 Å². The lowest BCUT2D eigenvalue weighted by atomic mass is 10.2. The van der Waals surface area contributed by atoms with Crippen molar-refractivity contribution in [2.75, 3.05) is 0 Å². The summed E-state index contributed by atoms with van der Waals surface area (Å²) in [6, 6.07) is 14.5. The fourth-order valence-corrected chi connectivity index (χ4v) is 4.85. The molecular formula is C23H17Cl3N2O2S. The van der Waals surface area contributed by atoms with E-state index in [0.29, 0.717) is 20.0 Å². The molecule has 2 amide bonds. The third-order valence-electron chi connectivity index (χ3n) is 5.06. The zero-order valence-electron chi connectivity index (χ0n) is 16.7. The molecule has 2 aromatic carbocycles. The quantitative estimate of drug-likeness (QED) is 0.360. The van der Waals surface area contributed by atoms with E-state index in [9.17, 15) is 9.59 Å². The number of rotatable bonds is 4. The molecule has 1 aliphatic heterocycles. The maximum absolute atomic E-state index is 12.9. The predicted molar refractivity (Wildman–Crippen MR) is 128 cm³/mol. The highest BCUT2D eigenvalue weighted by Crippen LogP contribution is 2.36. The number of amides is 2. The van der Waals surface area contributed by atoms with Gasteiger partial charge < -0.3 is 4.57 Å². The number of aryl methyl sites for hydroxylation is 1. The second-order valence-electron chi connectivity index (χ2n) is 7.13. The Balaban J connectivity index is 1.65. The Morgan fingerprint density at radius 3 is 2.42 bits per heavy atom. The van der Waals surface area contributed by atoms with Gasteiger partial charge in [0.25, 0.3) is 11.1 Å². The summed E-state index contributed by atoms with van der Waals surface area (Å²) >= 11 is 19.5. The molecule has 158 valence electrons. The van der Waals surface area contributed by atoms with E-state index < -0.39 is 0 Å². The molecular weight excluding hydrogens is 475 g/mol. The first kappa shape index (κ1) is 22.0. The second kappa shape index (κ2) is 8.75. The van der Waals surface area contributed by atoms with Crippen LogP contribution >= 0.6 is 46.6 Å². The van der Waals surface area contributed by atoms with Crippen LogP contribution in [0.3, 0.4) is 0 Å². The van der Waals surface area contributed by atoms with Crippen LogP contribution in [0.15, 0.2) is 53.4 Å². The van der Waals surface area contributed by atoms with Crippen molar-refractivity contribution >= 4 is 63.8 Å². The van der Waals surface area contributed by atoms with Crippen molar-refractivity contribution in [1.82, 2.24) is 9.47 Å². The van der Waals surface area contributed by atoms with Crippen molar-refractivity contribution in [3.05, 3.63) is 91.0 Å². The molecule has 0 saturated carbocycles. The molecule has 0 spiro atoms. The lowest BCUT2D eigenvalue weighted by Crippen LogP contribution is -2.27. The first-order chi connectivity index (χ1) is 14.8. The molecule has 1 aromatic heterocycles. The second-order valence-corrected chi connectivity index (χ2v) is 9.34. The summed E-state index contributed by atoms with van der Waals surface area (Å²) in [5.74, 6) is -0.310. The number of carbonyl (C=O) groups is 2. The number of benzene rings is 2. The van der Waals surface area contributed by atoms with Gasteiger partial charge in [0.2, 0.25) is 0 Å². The van der Waals surface area contributed by atoms with Crippen LogP contribution in [0.25, 0.3) is 11.8 Å². The molecule has 0 atom stereocenters. The molecule has 0 bridgehead atoms. The molecule has 0 aliphatic carbocycles. The van der Waals surface area contributed by atoms with Crippen molar-refractivity contribution in [3.8, 4) is 5.69 Å². The fraction of sp³-hybridized carbons (Fsp3) is 0.130. The summed E-state index contributed by atoms with van der Waals surface area (Å²) in [6.45, 7) is 4.10. The van der Waals surface area contributed by atoms with Gasteiger partial charge in [-0.2, -0.15) is 0 Å². The Hall–Kier alpha value is -2.18. The molecule has 31 heavy (non-hydrogen) atoms. The number of thioether (sulfide) groups is 1. The summed E-state index contributed by atoms with van der Waals surface area (Å²) in [5.41, 5.74) is 4.27. The minimum Gasteiger partial charge on any atom is -0.316 e. The average molecular weight is 492 g/mol. The van der Waals surface area contributed by atoms with Crippen LogP contribution in [0.2, 0.25) is 15.1 Å². The number of hydrogen-bond donors (Lipinski definition) is 0. The minimum atomic E-state index is -0.310. The zero-order valence-corrected chi connectivity index (χ0v) is 19.7. The highest BCUT2D eigenvalue weighted by molar-refractivity contribution is 8.18. The smallest absolute Gasteiger partial charge is 0.293 e. The maximum Gasteiger partial charge on any atom is 0.293 e. The Kier molecular flexibility index (Phi) is 6.22. The molecule has 1 aliphatic rings. The van der Waals surface area contributed by atoms with Gasteiger partial charge in [0, 0.05) is 16.4 Å². The van der Waals surface area contributed by atoms with Gasteiger partial charge in [-0.25, -0.2) is 0 Å². The normalized spacial score (nSPS) is 15.4. The van der Waals surface area contributed by atoms with E-state index in [2.05, 4.69) is 0 Å². The van der Waals surface area contributed by atoms with Gasteiger partial charge in [-0.1, -0.05) is 53.0 Å². The van der Waals surface area contributed by atoms with Gasteiger partial charge in [-0.3, -0.25) is 14.5 Å². The number of aromatic nitrogens is 1. The Labute approximate surface area is 199 Å². The van der Waals surface area contributed by atoms with Gasteiger partial charge in [-0.05, 0) is 73.1 Å². The summed E-state index contributed by atoms with van der Waals surface area (Å²) in [4.78, 5) is 27.0.